The Bertz CT molecular complexity index is 848. The molecule has 0 aromatic heterocycles. The zero-order valence-corrected chi connectivity index (χ0v) is 19.9. The number of aliphatic hydroxyl groups excluding tert-OH is 1. The molecule has 1 amide bonds. The standard InChI is InChI=1S/C22H34ClN3O5S/c23-17-5-4-6-19(15-17)32(29,30)25-20-8-7-18(31-21(20)16-27)9-11-24-22(28)10-14-26-12-2-1-3-13-26/h4-6,15,18,20-21,25,27H,1-3,7-14,16H2,(H,24,28)/t18-,20-,21-/m0/s1. The summed E-state index contributed by atoms with van der Waals surface area (Å²) in [7, 11) is -3.77. The molecule has 3 rings (SSSR count). The van der Waals surface area contributed by atoms with Gasteiger partial charge < -0.3 is 20.1 Å². The number of carbonyl (C=O) groups is 1. The van der Waals surface area contributed by atoms with Gasteiger partial charge >= 0.3 is 0 Å². The molecule has 2 aliphatic heterocycles. The Morgan fingerprint density at radius 2 is 2.00 bits per heavy atom. The molecular weight excluding hydrogens is 454 g/mol. The lowest BCUT2D eigenvalue weighted by atomic mass is 9.98. The van der Waals surface area contributed by atoms with Crippen LogP contribution in [-0.2, 0) is 19.6 Å². The van der Waals surface area contributed by atoms with Crippen molar-refractivity contribution in [1.82, 2.24) is 14.9 Å². The Balaban J connectivity index is 1.40. The van der Waals surface area contributed by atoms with E-state index in [1.807, 2.05) is 0 Å². The van der Waals surface area contributed by atoms with Crippen LogP contribution < -0.4 is 10.0 Å². The van der Waals surface area contributed by atoms with Crippen LogP contribution in [0.15, 0.2) is 29.2 Å². The first kappa shape index (κ1) is 25.4. The van der Waals surface area contributed by atoms with Gasteiger partial charge in [-0.3, -0.25) is 4.79 Å². The second kappa shape index (κ2) is 12.3. The molecule has 0 spiro atoms. The van der Waals surface area contributed by atoms with Crippen molar-refractivity contribution in [2.45, 2.75) is 68.1 Å². The molecule has 2 aliphatic rings. The number of benzene rings is 1. The van der Waals surface area contributed by atoms with E-state index >= 15 is 0 Å². The Kier molecular flexibility index (Phi) is 9.76. The average Bonchev–Trinajstić information content (AvgIpc) is 2.79. The van der Waals surface area contributed by atoms with Crippen LogP contribution in [0.1, 0.15) is 44.9 Å². The first-order chi connectivity index (χ1) is 15.4. The molecule has 180 valence electrons. The zero-order valence-electron chi connectivity index (χ0n) is 18.3. The van der Waals surface area contributed by atoms with Gasteiger partial charge in [0.2, 0.25) is 15.9 Å². The normalized spacial score (nSPS) is 24.9. The molecule has 3 atom stereocenters. The Hall–Kier alpha value is -1.23. The largest absolute Gasteiger partial charge is 0.394 e. The highest BCUT2D eigenvalue weighted by atomic mass is 35.5. The predicted molar refractivity (Wildman–Crippen MR) is 123 cm³/mol. The van der Waals surface area contributed by atoms with Gasteiger partial charge in [-0.2, -0.15) is 0 Å². The fourth-order valence-corrected chi connectivity index (χ4v) is 5.88. The van der Waals surface area contributed by atoms with Gasteiger partial charge in [0.1, 0.15) is 0 Å². The molecule has 0 aliphatic carbocycles. The predicted octanol–water partition coefficient (Wildman–Crippen LogP) is 1.91. The summed E-state index contributed by atoms with van der Waals surface area (Å²) in [4.78, 5) is 14.5. The zero-order chi connectivity index (χ0) is 23.0. The number of nitrogens with one attached hydrogen (secondary N) is 2. The van der Waals surface area contributed by atoms with Crippen LogP contribution in [0, 0.1) is 0 Å². The summed E-state index contributed by atoms with van der Waals surface area (Å²) in [5.74, 6) is 0.0391. The van der Waals surface area contributed by atoms with Crippen LogP contribution in [0.5, 0.6) is 0 Å². The molecular formula is C22H34ClN3O5S. The molecule has 32 heavy (non-hydrogen) atoms. The lowest BCUT2D eigenvalue weighted by Crippen LogP contribution is -2.51. The first-order valence-corrected chi connectivity index (χ1v) is 13.3. The quantitative estimate of drug-likeness (QED) is 0.465. The van der Waals surface area contributed by atoms with E-state index in [2.05, 4.69) is 14.9 Å². The average molecular weight is 488 g/mol. The van der Waals surface area contributed by atoms with Gasteiger partial charge in [-0.25, -0.2) is 13.1 Å². The van der Waals surface area contributed by atoms with Crippen molar-refractivity contribution in [2.75, 3.05) is 32.8 Å². The highest BCUT2D eigenvalue weighted by Gasteiger charge is 2.34. The highest BCUT2D eigenvalue weighted by molar-refractivity contribution is 7.89. The molecule has 2 heterocycles. The molecule has 3 N–H and O–H groups in total. The number of likely N-dealkylation sites (tertiary alicyclic amines) is 1. The molecule has 8 nitrogen and oxygen atoms in total. The number of halogens is 1. The third kappa shape index (κ3) is 7.67. The highest BCUT2D eigenvalue weighted by Crippen LogP contribution is 2.24. The molecule has 1 aromatic carbocycles. The van der Waals surface area contributed by atoms with E-state index in [0.29, 0.717) is 37.3 Å². The summed E-state index contributed by atoms with van der Waals surface area (Å²) >= 11 is 5.91. The summed E-state index contributed by atoms with van der Waals surface area (Å²) < 4.78 is 33.9. The monoisotopic (exact) mass is 487 g/mol. The summed E-state index contributed by atoms with van der Waals surface area (Å²) in [6.45, 7) is 3.16. The minimum atomic E-state index is -3.77. The van der Waals surface area contributed by atoms with Crippen LogP contribution in [-0.4, -0.2) is 75.4 Å². The number of sulfonamides is 1. The number of ether oxygens (including phenoxy) is 1. The van der Waals surface area contributed by atoms with Crippen LogP contribution in [0.25, 0.3) is 0 Å². The van der Waals surface area contributed by atoms with Crippen LogP contribution in [0.4, 0.5) is 0 Å². The third-order valence-electron chi connectivity index (χ3n) is 6.10. The molecule has 2 fully saturated rings. The second-order valence-electron chi connectivity index (χ2n) is 8.53. The molecule has 0 saturated carbocycles. The molecule has 2 saturated heterocycles. The number of nitrogens with zero attached hydrogens (tertiary/aromatic N) is 1. The Labute approximate surface area is 195 Å². The van der Waals surface area contributed by atoms with Gasteiger partial charge in [-0.05, 0) is 63.4 Å². The van der Waals surface area contributed by atoms with Crippen molar-refractivity contribution in [3.63, 3.8) is 0 Å². The number of hydrogen-bond acceptors (Lipinski definition) is 6. The number of hydrogen-bond donors (Lipinski definition) is 3. The Morgan fingerprint density at radius 1 is 1.22 bits per heavy atom. The second-order valence-corrected chi connectivity index (χ2v) is 10.7. The maximum atomic E-state index is 12.7. The van der Waals surface area contributed by atoms with E-state index < -0.39 is 22.2 Å². The maximum Gasteiger partial charge on any atom is 0.240 e. The lowest BCUT2D eigenvalue weighted by molar-refractivity contribution is -0.122. The van der Waals surface area contributed by atoms with Crippen molar-refractivity contribution in [1.29, 1.82) is 0 Å². The van der Waals surface area contributed by atoms with Crippen LogP contribution in [0.2, 0.25) is 5.02 Å². The number of piperidine rings is 1. The summed E-state index contributed by atoms with van der Waals surface area (Å²) in [6.07, 6.45) is 5.23. The van der Waals surface area contributed by atoms with Crippen molar-refractivity contribution >= 4 is 27.5 Å². The van der Waals surface area contributed by atoms with E-state index in [1.54, 1.807) is 12.1 Å². The van der Waals surface area contributed by atoms with Crippen molar-refractivity contribution in [2.24, 2.45) is 0 Å². The molecule has 0 unspecified atom stereocenters. The van der Waals surface area contributed by atoms with Gasteiger partial charge in [-0.1, -0.05) is 24.1 Å². The number of aliphatic hydroxyl groups is 1. The molecule has 0 radical (unpaired) electrons. The minimum Gasteiger partial charge on any atom is -0.394 e. The van der Waals surface area contributed by atoms with E-state index in [1.165, 1.54) is 31.4 Å². The smallest absolute Gasteiger partial charge is 0.240 e. The summed E-state index contributed by atoms with van der Waals surface area (Å²) in [5.41, 5.74) is 0. The first-order valence-electron chi connectivity index (χ1n) is 11.4. The van der Waals surface area contributed by atoms with Gasteiger partial charge in [-0.15, -0.1) is 0 Å². The molecule has 10 heteroatoms. The minimum absolute atomic E-state index is 0.0391. The van der Waals surface area contributed by atoms with Crippen LogP contribution >= 0.6 is 11.6 Å². The number of amides is 1. The summed E-state index contributed by atoms with van der Waals surface area (Å²) in [5, 5.41) is 13.0. The van der Waals surface area contributed by atoms with Gasteiger partial charge in [0.05, 0.1) is 29.8 Å². The van der Waals surface area contributed by atoms with Crippen molar-refractivity contribution < 1.29 is 23.1 Å². The molecule has 1 aromatic rings. The lowest BCUT2D eigenvalue weighted by Gasteiger charge is -2.36. The Morgan fingerprint density at radius 3 is 2.72 bits per heavy atom. The fourth-order valence-electron chi connectivity index (χ4n) is 4.28. The van der Waals surface area contributed by atoms with E-state index in [9.17, 15) is 18.3 Å². The van der Waals surface area contributed by atoms with E-state index in [0.717, 1.165) is 19.6 Å². The van der Waals surface area contributed by atoms with Crippen molar-refractivity contribution in [3.8, 4) is 0 Å². The third-order valence-corrected chi connectivity index (χ3v) is 7.82. The SMILES string of the molecule is O=C(CCN1CCCCC1)NCC[C@@H]1CC[C@H](NS(=O)(=O)c2cccc(Cl)c2)[C@H](CO)O1. The van der Waals surface area contributed by atoms with Gasteiger partial charge in [0.25, 0.3) is 0 Å². The van der Waals surface area contributed by atoms with Crippen LogP contribution in [0.3, 0.4) is 0 Å². The molecule has 0 bridgehead atoms. The van der Waals surface area contributed by atoms with E-state index in [-0.39, 0.29) is 23.5 Å². The maximum absolute atomic E-state index is 12.7. The van der Waals surface area contributed by atoms with Crippen molar-refractivity contribution in [3.05, 3.63) is 29.3 Å². The van der Waals surface area contributed by atoms with E-state index in [4.69, 9.17) is 16.3 Å². The van der Waals surface area contributed by atoms with Gasteiger partial charge in [0, 0.05) is 24.5 Å². The number of carbonyl (C=O) groups excluding carboxylic acids is 1. The van der Waals surface area contributed by atoms with Gasteiger partial charge in [0.15, 0.2) is 0 Å². The number of rotatable bonds is 10. The topological polar surface area (TPSA) is 108 Å². The fraction of sp³-hybridized carbons (Fsp3) is 0.682. The summed E-state index contributed by atoms with van der Waals surface area (Å²) in [6, 6.07) is 5.52.